The molecule has 0 fully saturated rings. The highest BCUT2D eigenvalue weighted by Gasteiger charge is 2.28. The molecule has 2 aromatic carbocycles. The van der Waals surface area contributed by atoms with Crippen LogP contribution in [0.3, 0.4) is 0 Å². The number of hydrogen-bond acceptors (Lipinski definition) is 5. The van der Waals surface area contributed by atoms with E-state index >= 15 is 0 Å². The van der Waals surface area contributed by atoms with Crippen LogP contribution >= 0.6 is 0 Å². The molecule has 8 rings (SSSR count). The van der Waals surface area contributed by atoms with Gasteiger partial charge in [0, 0.05) is 50.2 Å². The molecule has 0 saturated heterocycles. The van der Waals surface area contributed by atoms with Gasteiger partial charge in [0.25, 0.3) is 0 Å². The van der Waals surface area contributed by atoms with E-state index in [9.17, 15) is 4.79 Å². The molecule has 0 aliphatic carbocycles. The van der Waals surface area contributed by atoms with Gasteiger partial charge in [-0.2, -0.15) is 0 Å². The minimum absolute atomic E-state index is 0.197. The lowest BCUT2D eigenvalue weighted by molar-refractivity contribution is -0.151. The molecule has 51 heavy (non-hydrogen) atoms. The highest BCUT2D eigenvalue weighted by Crippen LogP contribution is 2.20. The van der Waals surface area contributed by atoms with E-state index in [1.54, 1.807) is 6.92 Å². The van der Waals surface area contributed by atoms with Gasteiger partial charge in [-0.05, 0) is 100 Å². The summed E-state index contributed by atoms with van der Waals surface area (Å²) in [7, 11) is 0. The molecule has 2 aliphatic heterocycles. The summed E-state index contributed by atoms with van der Waals surface area (Å²) in [5.74, 6) is -0.0185. The molecule has 6 heterocycles. The minimum Gasteiger partial charge on any atom is -0.472 e. The molecule has 4 aromatic heterocycles. The van der Waals surface area contributed by atoms with Crippen molar-refractivity contribution in [2.45, 2.75) is 40.7 Å². The van der Waals surface area contributed by atoms with E-state index in [4.69, 9.17) is 19.5 Å². The van der Waals surface area contributed by atoms with Crippen LogP contribution in [-0.4, -0.2) is 32.5 Å². The van der Waals surface area contributed by atoms with Gasteiger partial charge in [-0.15, -0.1) is 0 Å². The van der Waals surface area contributed by atoms with Gasteiger partial charge in [0.2, 0.25) is 6.10 Å². The Morgan fingerprint density at radius 1 is 0.706 bits per heavy atom. The van der Waals surface area contributed by atoms with Gasteiger partial charge < -0.3 is 29.4 Å². The van der Waals surface area contributed by atoms with Crippen LogP contribution in [0.4, 0.5) is 0 Å². The number of fused-ring (bicyclic) bond motifs is 2. The van der Waals surface area contributed by atoms with Crippen LogP contribution in [-0.2, 0) is 9.53 Å². The number of aromatic amines is 4. The monoisotopic (exact) mass is 674 g/mol. The summed E-state index contributed by atoms with van der Waals surface area (Å²) in [6.07, 6.45) is 6.99. The van der Waals surface area contributed by atoms with Gasteiger partial charge in [-0.1, -0.05) is 36.4 Å². The molecule has 9 nitrogen and oxygen atoms in total. The zero-order valence-corrected chi connectivity index (χ0v) is 29.1. The van der Waals surface area contributed by atoms with Gasteiger partial charge in [0.15, 0.2) is 0 Å². The van der Waals surface area contributed by atoms with E-state index in [0.717, 1.165) is 77.1 Å². The van der Waals surface area contributed by atoms with Gasteiger partial charge in [-0.3, -0.25) is 0 Å². The molecule has 4 N–H and O–H groups in total. The number of nitrogens with one attached hydrogen (secondary N) is 4. The van der Waals surface area contributed by atoms with E-state index in [0.29, 0.717) is 22.0 Å². The number of nitrogens with zero attached hydrogens (tertiary/aromatic N) is 2. The zero-order chi connectivity index (χ0) is 35.2. The van der Waals surface area contributed by atoms with Crippen molar-refractivity contribution >= 4 is 41.7 Å². The summed E-state index contributed by atoms with van der Waals surface area (Å²) >= 11 is 0. The van der Waals surface area contributed by atoms with Crippen molar-refractivity contribution in [2.75, 3.05) is 6.61 Å². The molecule has 0 bridgehead atoms. The second-order valence-electron chi connectivity index (χ2n) is 13.1. The molecule has 6 aromatic rings. The smallest absolute Gasteiger partial charge is 0.352 e. The Bertz CT molecular complexity index is 2810. The molecular weight excluding hydrogens is 637 g/mol. The Balaban J connectivity index is 1.35. The third kappa shape index (κ3) is 6.18. The van der Waals surface area contributed by atoms with Crippen molar-refractivity contribution in [3.63, 3.8) is 0 Å². The maximum absolute atomic E-state index is 14.0. The summed E-state index contributed by atoms with van der Waals surface area (Å²) in [6.45, 7) is 10.2. The first-order valence-corrected chi connectivity index (χ1v) is 17.1. The Morgan fingerprint density at radius 3 is 1.76 bits per heavy atom. The third-order valence-electron chi connectivity index (χ3n) is 9.17. The molecule has 1 unspecified atom stereocenters. The SMILES string of the molecule is CCOC(=O)C(Oc1cc(=C2C=c3ccccc3=N2)[nH]c1=Cc1[nH]c(C)cc1C)c1cc(=C2C=c3ccccc3=N2)[nH]c1=Cc1[nH]c(C)cc1C. The standard InChI is InChI=1S/C42H38N6O3/c1-6-50-42(49)41(29-19-37(35-17-27-11-7-9-13-30(27)45-35)47-34(29)20-32-23(2)15-25(4)43-32)51-40-22-38(36-18-28-12-8-10-14-31(28)46-36)48-39(40)21-33-24(3)16-26(5)44-33/h7-22,41,43-44,47-48H,6H2,1-5H3. The highest BCUT2D eigenvalue weighted by molar-refractivity contribution is 5.80. The second-order valence-corrected chi connectivity index (χ2v) is 13.1. The molecule has 254 valence electrons. The van der Waals surface area contributed by atoms with Gasteiger partial charge >= 0.3 is 5.97 Å². The zero-order valence-electron chi connectivity index (χ0n) is 29.1. The maximum atomic E-state index is 14.0. The van der Waals surface area contributed by atoms with Crippen LogP contribution in [0.5, 0.6) is 5.75 Å². The molecule has 0 amide bonds. The number of rotatable bonds is 7. The number of aryl methyl sites for hydroxylation is 4. The van der Waals surface area contributed by atoms with Crippen LogP contribution in [0.1, 0.15) is 52.5 Å². The molecule has 0 saturated carbocycles. The normalized spacial score (nSPS) is 16.6. The average Bonchev–Trinajstić information content (AvgIpc) is 3.95. The average molecular weight is 675 g/mol. The Morgan fingerprint density at radius 2 is 1.24 bits per heavy atom. The van der Waals surface area contributed by atoms with Crippen molar-refractivity contribution in [1.82, 2.24) is 19.9 Å². The number of carbonyl (C=O) groups is 1. The topological polar surface area (TPSA) is 123 Å². The molecular formula is C42H38N6O3. The lowest BCUT2D eigenvalue weighted by atomic mass is 10.1. The summed E-state index contributed by atoms with van der Waals surface area (Å²) in [5.41, 5.74) is 8.29. The molecule has 0 radical (unpaired) electrons. The van der Waals surface area contributed by atoms with Gasteiger partial charge in [0.05, 0.1) is 44.8 Å². The minimum atomic E-state index is -1.11. The van der Waals surface area contributed by atoms with Crippen molar-refractivity contribution < 1.29 is 14.3 Å². The first-order valence-electron chi connectivity index (χ1n) is 17.1. The lowest BCUT2D eigenvalue weighted by Gasteiger charge is -2.16. The molecule has 0 spiro atoms. The second kappa shape index (κ2) is 12.8. The fraction of sp³-hybridized carbons (Fsp3) is 0.167. The summed E-state index contributed by atoms with van der Waals surface area (Å²) in [6, 6.07) is 24.1. The first kappa shape index (κ1) is 31.9. The van der Waals surface area contributed by atoms with Crippen molar-refractivity contribution in [3.8, 4) is 5.75 Å². The highest BCUT2D eigenvalue weighted by atomic mass is 16.6. The number of esters is 1. The predicted molar refractivity (Wildman–Crippen MR) is 198 cm³/mol. The Hall–Kier alpha value is -6.35. The van der Waals surface area contributed by atoms with Crippen molar-refractivity contribution in [2.24, 2.45) is 9.98 Å². The van der Waals surface area contributed by atoms with E-state index in [-0.39, 0.29) is 6.61 Å². The summed E-state index contributed by atoms with van der Waals surface area (Å²) < 4.78 is 12.5. The third-order valence-corrected chi connectivity index (χ3v) is 9.17. The molecule has 1 atom stereocenters. The van der Waals surface area contributed by atoms with Crippen LogP contribution in [0, 0.1) is 27.7 Å². The Kier molecular flexibility index (Phi) is 8.03. The van der Waals surface area contributed by atoms with Crippen LogP contribution < -0.4 is 47.3 Å². The number of aromatic nitrogens is 4. The fourth-order valence-corrected chi connectivity index (χ4v) is 6.74. The summed E-state index contributed by atoms with van der Waals surface area (Å²) in [4.78, 5) is 37.7. The number of para-hydroxylation sites is 2. The van der Waals surface area contributed by atoms with Crippen LogP contribution in [0.2, 0.25) is 0 Å². The van der Waals surface area contributed by atoms with E-state index in [1.165, 1.54) is 0 Å². The number of ether oxygens (including phenoxy) is 2. The number of benzene rings is 2. The molecule has 9 heteroatoms. The fourth-order valence-electron chi connectivity index (χ4n) is 6.74. The van der Waals surface area contributed by atoms with Crippen LogP contribution in [0.25, 0.3) is 35.7 Å². The van der Waals surface area contributed by atoms with E-state index in [1.807, 2.05) is 98.8 Å². The van der Waals surface area contributed by atoms with Crippen molar-refractivity contribution in [1.29, 1.82) is 0 Å². The number of hydrogen-bond donors (Lipinski definition) is 4. The van der Waals surface area contributed by atoms with Gasteiger partial charge in [0.1, 0.15) is 5.75 Å². The first-order chi connectivity index (χ1) is 24.7. The van der Waals surface area contributed by atoms with Gasteiger partial charge in [-0.25, -0.2) is 14.8 Å². The quantitative estimate of drug-likeness (QED) is 0.194. The molecule has 2 aliphatic rings. The number of carbonyl (C=O) groups excluding carboxylic acids is 1. The lowest BCUT2D eigenvalue weighted by Crippen LogP contribution is -2.27. The van der Waals surface area contributed by atoms with E-state index in [2.05, 4.69) is 45.9 Å². The largest absolute Gasteiger partial charge is 0.472 e. The van der Waals surface area contributed by atoms with Crippen LogP contribution in [0.15, 0.2) is 82.8 Å². The number of H-pyrrole nitrogens is 4. The summed E-state index contributed by atoms with van der Waals surface area (Å²) in [5, 5.41) is 6.80. The van der Waals surface area contributed by atoms with Crippen molar-refractivity contribution in [3.05, 3.63) is 155 Å². The maximum Gasteiger partial charge on any atom is 0.352 e. The predicted octanol–water partition coefficient (Wildman–Crippen LogP) is 2.02. The Labute approximate surface area is 293 Å². The van der Waals surface area contributed by atoms with E-state index < -0.39 is 12.1 Å².